The van der Waals surface area contributed by atoms with Gasteiger partial charge in [-0.05, 0) is 40.9 Å². The summed E-state index contributed by atoms with van der Waals surface area (Å²) in [6.45, 7) is 2.11. The van der Waals surface area contributed by atoms with Crippen molar-refractivity contribution in [1.82, 2.24) is 4.98 Å². The number of rotatable bonds is 2. The average Bonchev–Trinajstić information content (AvgIpc) is 2.30. The third kappa shape index (κ3) is 2.69. The van der Waals surface area contributed by atoms with Gasteiger partial charge in [0.1, 0.15) is 4.60 Å². The third-order valence-electron chi connectivity index (χ3n) is 2.85. The van der Waals surface area contributed by atoms with E-state index in [0.717, 1.165) is 30.5 Å². The van der Waals surface area contributed by atoms with Crippen molar-refractivity contribution < 1.29 is 4.74 Å². The summed E-state index contributed by atoms with van der Waals surface area (Å²) >= 11 is 3.34. The molecule has 3 nitrogen and oxygen atoms in total. The second kappa shape index (κ2) is 4.94. The molecule has 15 heavy (non-hydrogen) atoms. The maximum atomic E-state index is 5.34. The SMILES string of the molecule is COC1CCN(c2ccc(Br)nc2)CC1. The summed E-state index contributed by atoms with van der Waals surface area (Å²) in [4.78, 5) is 6.59. The average molecular weight is 271 g/mol. The molecule has 4 heteroatoms. The van der Waals surface area contributed by atoms with Gasteiger partial charge in [0.15, 0.2) is 0 Å². The molecule has 0 radical (unpaired) electrons. The van der Waals surface area contributed by atoms with Crippen molar-refractivity contribution in [3.8, 4) is 0 Å². The quantitative estimate of drug-likeness (QED) is 0.773. The van der Waals surface area contributed by atoms with Crippen molar-refractivity contribution in [2.45, 2.75) is 18.9 Å². The van der Waals surface area contributed by atoms with Gasteiger partial charge in [-0.25, -0.2) is 4.98 Å². The Morgan fingerprint density at radius 2 is 2.13 bits per heavy atom. The van der Waals surface area contributed by atoms with Gasteiger partial charge in [0.05, 0.1) is 18.0 Å². The number of pyridine rings is 1. The third-order valence-corrected chi connectivity index (χ3v) is 3.32. The Morgan fingerprint density at radius 1 is 1.40 bits per heavy atom. The number of anilines is 1. The molecule has 1 aromatic heterocycles. The standard InChI is InChI=1S/C11H15BrN2O/c1-15-10-4-6-14(7-5-10)9-2-3-11(12)13-8-9/h2-3,8,10H,4-7H2,1H3. The minimum Gasteiger partial charge on any atom is -0.381 e. The van der Waals surface area contributed by atoms with Crippen LogP contribution < -0.4 is 4.90 Å². The second-order valence-electron chi connectivity index (χ2n) is 3.76. The summed E-state index contributed by atoms with van der Waals surface area (Å²) < 4.78 is 6.23. The molecule has 2 rings (SSSR count). The Hall–Kier alpha value is -0.610. The van der Waals surface area contributed by atoms with Crippen LogP contribution >= 0.6 is 15.9 Å². The number of ether oxygens (including phenoxy) is 1. The van der Waals surface area contributed by atoms with Crippen LogP contribution in [0.4, 0.5) is 5.69 Å². The van der Waals surface area contributed by atoms with E-state index in [4.69, 9.17) is 4.74 Å². The molecule has 2 heterocycles. The van der Waals surface area contributed by atoms with Crippen LogP contribution in [-0.2, 0) is 4.74 Å². The van der Waals surface area contributed by atoms with Crippen LogP contribution in [0.1, 0.15) is 12.8 Å². The van der Waals surface area contributed by atoms with Crippen molar-refractivity contribution in [3.05, 3.63) is 22.9 Å². The number of hydrogen-bond donors (Lipinski definition) is 0. The first-order valence-electron chi connectivity index (χ1n) is 5.19. The number of aromatic nitrogens is 1. The minimum absolute atomic E-state index is 0.435. The maximum Gasteiger partial charge on any atom is 0.106 e. The van der Waals surface area contributed by atoms with Crippen LogP contribution in [0.15, 0.2) is 22.9 Å². The molecule has 0 saturated carbocycles. The molecule has 0 spiro atoms. The Balaban J connectivity index is 1.98. The van der Waals surface area contributed by atoms with E-state index < -0.39 is 0 Å². The highest BCUT2D eigenvalue weighted by atomic mass is 79.9. The van der Waals surface area contributed by atoms with E-state index in [9.17, 15) is 0 Å². The number of nitrogens with zero attached hydrogens (tertiary/aromatic N) is 2. The van der Waals surface area contributed by atoms with Crippen molar-refractivity contribution in [2.75, 3.05) is 25.1 Å². The Kier molecular flexibility index (Phi) is 3.59. The lowest BCUT2D eigenvalue weighted by molar-refractivity contribution is 0.0819. The smallest absolute Gasteiger partial charge is 0.106 e. The maximum absolute atomic E-state index is 5.34. The molecule has 1 aromatic rings. The molecule has 0 amide bonds. The fraction of sp³-hybridized carbons (Fsp3) is 0.545. The van der Waals surface area contributed by atoms with Gasteiger partial charge in [0, 0.05) is 20.2 Å². The highest BCUT2D eigenvalue weighted by molar-refractivity contribution is 9.10. The number of halogens is 1. The molecule has 1 aliphatic heterocycles. The molecular weight excluding hydrogens is 256 g/mol. The first kappa shape index (κ1) is 10.9. The summed E-state index contributed by atoms with van der Waals surface area (Å²) in [5.41, 5.74) is 1.20. The van der Waals surface area contributed by atoms with Crippen LogP contribution in [0.2, 0.25) is 0 Å². The van der Waals surface area contributed by atoms with Gasteiger partial charge in [-0.3, -0.25) is 0 Å². The van der Waals surface area contributed by atoms with Gasteiger partial charge in [-0.1, -0.05) is 0 Å². The van der Waals surface area contributed by atoms with Crippen molar-refractivity contribution >= 4 is 21.6 Å². The van der Waals surface area contributed by atoms with Gasteiger partial charge in [-0.15, -0.1) is 0 Å². The first-order chi connectivity index (χ1) is 7.29. The summed E-state index contributed by atoms with van der Waals surface area (Å²) in [6.07, 6.45) is 4.56. The largest absolute Gasteiger partial charge is 0.381 e. The van der Waals surface area contributed by atoms with E-state index in [1.165, 1.54) is 5.69 Å². The summed E-state index contributed by atoms with van der Waals surface area (Å²) in [7, 11) is 1.79. The fourth-order valence-electron chi connectivity index (χ4n) is 1.90. The zero-order valence-corrected chi connectivity index (χ0v) is 10.4. The van der Waals surface area contributed by atoms with Gasteiger partial charge in [0.2, 0.25) is 0 Å². The van der Waals surface area contributed by atoms with Gasteiger partial charge >= 0.3 is 0 Å². The lowest BCUT2D eigenvalue weighted by Crippen LogP contribution is -2.36. The molecule has 1 saturated heterocycles. The number of piperidine rings is 1. The minimum atomic E-state index is 0.435. The molecule has 1 fully saturated rings. The van der Waals surface area contributed by atoms with Crippen LogP contribution in [-0.4, -0.2) is 31.3 Å². The molecule has 0 aliphatic carbocycles. The molecule has 0 atom stereocenters. The van der Waals surface area contributed by atoms with E-state index in [1.54, 1.807) is 7.11 Å². The van der Waals surface area contributed by atoms with Crippen LogP contribution in [0.3, 0.4) is 0 Å². The van der Waals surface area contributed by atoms with Crippen LogP contribution in [0.25, 0.3) is 0 Å². The predicted molar refractivity (Wildman–Crippen MR) is 64.2 cm³/mol. The van der Waals surface area contributed by atoms with Gasteiger partial charge in [-0.2, -0.15) is 0 Å². The summed E-state index contributed by atoms with van der Waals surface area (Å²) in [6, 6.07) is 4.09. The Labute approximate surface area is 98.6 Å². The molecule has 0 bridgehead atoms. The normalized spacial score (nSPS) is 18.1. The highest BCUT2D eigenvalue weighted by Crippen LogP contribution is 2.21. The van der Waals surface area contributed by atoms with Crippen LogP contribution in [0, 0.1) is 0 Å². The van der Waals surface area contributed by atoms with Gasteiger partial charge < -0.3 is 9.64 Å². The fourth-order valence-corrected chi connectivity index (χ4v) is 2.14. The van der Waals surface area contributed by atoms with E-state index >= 15 is 0 Å². The van der Waals surface area contributed by atoms with Crippen molar-refractivity contribution in [1.29, 1.82) is 0 Å². The summed E-state index contributed by atoms with van der Waals surface area (Å²) in [5.74, 6) is 0. The van der Waals surface area contributed by atoms with Crippen molar-refractivity contribution in [3.63, 3.8) is 0 Å². The lowest BCUT2D eigenvalue weighted by atomic mass is 10.1. The Bertz CT molecular complexity index is 307. The monoisotopic (exact) mass is 270 g/mol. The number of hydrogen-bond acceptors (Lipinski definition) is 3. The highest BCUT2D eigenvalue weighted by Gasteiger charge is 2.18. The predicted octanol–water partition coefficient (Wildman–Crippen LogP) is 2.46. The van der Waals surface area contributed by atoms with E-state index in [1.807, 2.05) is 12.3 Å². The molecule has 0 unspecified atom stereocenters. The first-order valence-corrected chi connectivity index (χ1v) is 5.98. The van der Waals surface area contributed by atoms with E-state index in [2.05, 4.69) is 31.9 Å². The zero-order valence-electron chi connectivity index (χ0n) is 8.82. The van der Waals surface area contributed by atoms with Crippen LogP contribution in [0.5, 0.6) is 0 Å². The second-order valence-corrected chi connectivity index (χ2v) is 4.57. The molecule has 0 N–H and O–H groups in total. The Morgan fingerprint density at radius 3 is 2.67 bits per heavy atom. The van der Waals surface area contributed by atoms with Gasteiger partial charge in [0.25, 0.3) is 0 Å². The van der Waals surface area contributed by atoms with E-state index in [0.29, 0.717) is 6.10 Å². The lowest BCUT2D eigenvalue weighted by Gasteiger charge is -2.32. The molecule has 82 valence electrons. The molecule has 0 aromatic carbocycles. The van der Waals surface area contributed by atoms with E-state index in [-0.39, 0.29) is 0 Å². The topological polar surface area (TPSA) is 25.4 Å². The number of methoxy groups -OCH3 is 1. The summed E-state index contributed by atoms with van der Waals surface area (Å²) in [5, 5.41) is 0. The van der Waals surface area contributed by atoms with Crippen molar-refractivity contribution in [2.24, 2.45) is 0 Å². The molecular formula is C11H15BrN2O. The zero-order chi connectivity index (χ0) is 10.7. The molecule has 1 aliphatic rings.